The molecule has 5 nitrogen and oxygen atoms in total. The van der Waals surface area contributed by atoms with Gasteiger partial charge >= 0.3 is 5.69 Å². The van der Waals surface area contributed by atoms with Gasteiger partial charge in [-0.25, -0.2) is 9.18 Å². The van der Waals surface area contributed by atoms with Gasteiger partial charge in [-0.3, -0.25) is 4.79 Å². The van der Waals surface area contributed by atoms with E-state index >= 15 is 0 Å². The number of hydrogen-bond acceptors (Lipinski definition) is 3. The number of nitrogens with one attached hydrogen (secondary N) is 1. The molecular weight excluding hydrogens is 321 g/mol. The lowest BCUT2D eigenvalue weighted by atomic mass is 9.93. The first-order valence-electron chi connectivity index (χ1n) is 8.51. The highest BCUT2D eigenvalue weighted by molar-refractivity contribution is 5.77. The van der Waals surface area contributed by atoms with Crippen molar-refractivity contribution in [2.45, 2.75) is 46.1 Å². The van der Waals surface area contributed by atoms with E-state index in [0.29, 0.717) is 25.1 Å². The Morgan fingerprint density at radius 3 is 2.88 bits per heavy atom. The summed E-state index contributed by atoms with van der Waals surface area (Å²) in [5.41, 5.74) is 3.95. The van der Waals surface area contributed by atoms with Gasteiger partial charge in [0.2, 0.25) is 5.91 Å². The van der Waals surface area contributed by atoms with E-state index in [1.807, 2.05) is 24.8 Å². The number of carbonyl (C=O) groups is 1. The summed E-state index contributed by atoms with van der Waals surface area (Å²) in [4.78, 5) is 32.5. The molecule has 2 aromatic rings. The maximum Gasteiger partial charge on any atom is 0.345 e. The summed E-state index contributed by atoms with van der Waals surface area (Å²) in [5, 5.41) is 0. The van der Waals surface area contributed by atoms with E-state index < -0.39 is 0 Å². The molecule has 0 aliphatic carbocycles. The molecule has 0 spiro atoms. The molecule has 6 heteroatoms. The Hall–Kier alpha value is -2.50. The molecule has 1 N–H and O–H groups in total. The molecule has 0 bridgehead atoms. The van der Waals surface area contributed by atoms with Gasteiger partial charge in [0, 0.05) is 24.4 Å². The van der Waals surface area contributed by atoms with Crippen molar-refractivity contribution in [3.05, 3.63) is 62.6 Å². The predicted molar refractivity (Wildman–Crippen MR) is 92.9 cm³/mol. The fraction of sp³-hybridized carbons (Fsp3) is 0.421. The van der Waals surface area contributed by atoms with E-state index in [2.05, 4.69) is 9.97 Å². The molecule has 1 atom stereocenters. The van der Waals surface area contributed by atoms with E-state index in [1.54, 1.807) is 6.92 Å². The van der Waals surface area contributed by atoms with Crippen molar-refractivity contribution in [1.82, 2.24) is 14.9 Å². The van der Waals surface area contributed by atoms with E-state index in [4.69, 9.17) is 0 Å². The molecule has 0 saturated heterocycles. The Morgan fingerprint density at radius 1 is 1.40 bits per heavy atom. The zero-order valence-electron chi connectivity index (χ0n) is 14.7. The fourth-order valence-electron chi connectivity index (χ4n) is 3.62. The minimum atomic E-state index is -0.367. The van der Waals surface area contributed by atoms with Crippen LogP contribution in [0, 0.1) is 19.7 Å². The van der Waals surface area contributed by atoms with Crippen LogP contribution in [0.25, 0.3) is 0 Å². The third-order valence-electron chi connectivity index (χ3n) is 5.01. The van der Waals surface area contributed by atoms with E-state index in [0.717, 1.165) is 28.8 Å². The molecule has 132 valence electrons. The Labute approximate surface area is 145 Å². The second kappa shape index (κ2) is 6.78. The number of benzene rings is 1. The number of aryl methyl sites for hydroxylation is 2. The second-order valence-electron chi connectivity index (χ2n) is 6.59. The van der Waals surface area contributed by atoms with Crippen LogP contribution in [-0.4, -0.2) is 27.3 Å². The number of hydrogen-bond donors (Lipinski definition) is 1. The summed E-state index contributed by atoms with van der Waals surface area (Å²) in [6.45, 7) is 6.18. The number of aromatic nitrogens is 2. The van der Waals surface area contributed by atoms with Gasteiger partial charge in [0.25, 0.3) is 0 Å². The van der Waals surface area contributed by atoms with Crippen molar-refractivity contribution in [1.29, 1.82) is 0 Å². The quantitative estimate of drug-likeness (QED) is 0.932. The summed E-state index contributed by atoms with van der Waals surface area (Å²) >= 11 is 0. The van der Waals surface area contributed by atoms with E-state index in [9.17, 15) is 14.0 Å². The summed E-state index contributed by atoms with van der Waals surface area (Å²) < 4.78 is 13.5. The molecule has 1 unspecified atom stereocenters. The van der Waals surface area contributed by atoms with Gasteiger partial charge in [-0.2, -0.15) is 4.98 Å². The van der Waals surface area contributed by atoms with Crippen LogP contribution in [0.4, 0.5) is 4.39 Å². The van der Waals surface area contributed by atoms with Gasteiger partial charge in [-0.1, -0.05) is 6.07 Å². The molecule has 0 radical (unpaired) electrons. The highest BCUT2D eigenvalue weighted by atomic mass is 19.1. The lowest BCUT2D eigenvalue weighted by Gasteiger charge is -2.35. The Morgan fingerprint density at radius 2 is 2.16 bits per heavy atom. The van der Waals surface area contributed by atoms with Crippen LogP contribution in [0.2, 0.25) is 0 Å². The molecule has 1 aromatic heterocycles. The van der Waals surface area contributed by atoms with Crippen LogP contribution in [-0.2, 0) is 17.6 Å². The molecular formula is C19H22FN3O2. The van der Waals surface area contributed by atoms with Crippen molar-refractivity contribution < 1.29 is 9.18 Å². The molecule has 1 aromatic carbocycles. The first-order chi connectivity index (χ1) is 11.9. The van der Waals surface area contributed by atoms with Gasteiger partial charge in [0.1, 0.15) is 5.82 Å². The van der Waals surface area contributed by atoms with Crippen molar-refractivity contribution in [2.24, 2.45) is 0 Å². The Kier molecular flexibility index (Phi) is 4.70. The Bertz CT molecular complexity index is 849. The van der Waals surface area contributed by atoms with Crippen LogP contribution in [0.3, 0.4) is 0 Å². The third kappa shape index (κ3) is 3.48. The van der Waals surface area contributed by atoms with E-state index in [1.165, 1.54) is 12.1 Å². The maximum absolute atomic E-state index is 13.5. The first-order valence-corrected chi connectivity index (χ1v) is 8.51. The molecule has 2 heterocycles. The van der Waals surface area contributed by atoms with Gasteiger partial charge in [-0.15, -0.1) is 0 Å². The van der Waals surface area contributed by atoms with Crippen LogP contribution in [0.1, 0.15) is 47.5 Å². The van der Waals surface area contributed by atoms with Gasteiger partial charge in [0.15, 0.2) is 0 Å². The predicted octanol–water partition coefficient (Wildman–Crippen LogP) is 2.60. The number of fused-ring (bicyclic) bond motifs is 1. The van der Waals surface area contributed by atoms with Crippen LogP contribution in [0.5, 0.6) is 0 Å². The first kappa shape index (κ1) is 17.3. The van der Waals surface area contributed by atoms with Crippen LogP contribution >= 0.6 is 0 Å². The standard InChI is InChI=1S/C19H22FN3O2/c1-11-16(12(2)22-19(25)21-11)6-7-18(24)23-9-8-14-4-5-15(20)10-17(14)13(23)3/h4-5,10,13H,6-9H2,1-3H3,(H,21,22,25). The monoisotopic (exact) mass is 343 g/mol. The molecule has 0 fully saturated rings. The number of amides is 1. The van der Waals surface area contributed by atoms with Gasteiger partial charge < -0.3 is 9.88 Å². The number of carbonyl (C=O) groups excluding carboxylic acids is 1. The molecule has 3 rings (SSSR count). The minimum absolute atomic E-state index is 0.0346. The van der Waals surface area contributed by atoms with Crippen molar-refractivity contribution in [2.75, 3.05) is 6.54 Å². The van der Waals surface area contributed by atoms with Gasteiger partial charge in [0.05, 0.1) is 6.04 Å². The van der Waals surface area contributed by atoms with Crippen molar-refractivity contribution in [3.63, 3.8) is 0 Å². The molecule has 1 amide bonds. The summed E-state index contributed by atoms with van der Waals surface area (Å²) in [6.07, 6.45) is 1.61. The van der Waals surface area contributed by atoms with Gasteiger partial charge in [-0.05, 0) is 62.4 Å². The largest absolute Gasteiger partial charge is 0.345 e. The number of H-pyrrole nitrogens is 1. The number of rotatable bonds is 3. The smallest absolute Gasteiger partial charge is 0.336 e. The lowest BCUT2D eigenvalue weighted by molar-refractivity contribution is -0.133. The minimum Gasteiger partial charge on any atom is -0.336 e. The average Bonchev–Trinajstić information content (AvgIpc) is 2.54. The average molecular weight is 343 g/mol. The van der Waals surface area contributed by atoms with Crippen LogP contribution < -0.4 is 5.69 Å². The SMILES string of the molecule is Cc1nc(=O)[nH]c(C)c1CCC(=O)N1CCc2ccc(F)cc2C1C. The Balaban J connectivity index is 1.73. The maximum atomic E-state index is 13.5. The zero-order valence-corrected chi connectivity index (χ0v) is 14.7. The third-order valence-corrected chi connectivity index (χ3v) is 5.01. The van der Waals surface area contributed by atoms with Crippen molar-refractivity contribution >= 4 is 5.91 Å². The molecule has 1 aliphatic heterocycles. The van der Waals surface area contributed by atoms with Crippen LogP contribution in [0.15, 0.2) is 23.0 Å². The van der Waals surface area contributed by atoms with E-state index in [-0.39, 0.29) is 23.5 Å². The molecule has 0 saturated carbocycles. The number of nitrogens with zero attached hydrogens (tertiary/aromatic N) is 2. The normalized spacial score (nSPS) is 16.6. The molecule has 25 heavy (non-hydrogen) atoms. The fourth-order valence-corrected chi connectivity index (χ4v) is 3.62. The summed E-state index contributed by atoms with van der Waals surface area (Å²) in [5.74, 6) is -0.238. The zero-order chi connectivity index (χ0) is 18.1. The second-order valence-corrected chi connectivity index (χ2v) is 6.59. The molecule has 1 aliphatic rings. The number of aromatic amines is 1. The van der Waals surface area contributed by atoms with Crippen molar-refractivity contribution in [3.8, 4) is 0 Å². The number of halogens is 1. The topological polar surface area (TPSA) is 66.1 Å². The highest BCUT2D eigenvalue weighted by Crippen LogP contribution is 2.30. The summed E-state index contributed by atoms with van der Waals surface area (Å²) in [7, 11) is 0. The summed E-state index contributed by atoms with van der Waals surface area (Å²) in [6, 6.07) is 4.67. The highest BCUT2D eigenvalue weighted by Gasteiger charge is 2.27. The lowest BCUT2D eigenvalue weighted by Crippen LogP contribution is -2.39.